The fourth-order valence-corrected chi connectivity index (χ4v) is 3.08. The Balaban J connectivity index is 1.70. The lowest BCUT2D eigenvalue weighted by atomic mass is 9.91. The van der Waals surface area contributed by atoms with Crippen LogP contribution in [0, 0.1) is 5.92 Å². The van der Waals surface area contributed by atoms with E-state index < -0.39 is 5.54 Å². The van der Waals surface area contributed by atoms with Crippen molar-refractivity contribution in [2.45, 2.75) is 25.3 Å². The second kappa shape index (κ2) is 4.13. The highest BCUT2D eigenvalue weighted by molar-refractivity contribution is 6.09. The molecule has 2 aliphatic heterocycles. The average molecular weight is 288 g/mol. The van der Waals surface area contributed by atoms with E-state index in [1.165, 1.54) is 0 Å². The van der Waals surface area contributed by atoms with Crippen LogP contribution in [0.3, 0.4) is 0 Å². The molecular weight excluding hydrogens is 272 g/mol. The van der Waals surface area contributed by atoms with E-state index in [-0.39, 0.29) is 31.1 Å². The van der Waals surface area contributed by atoms with Gasteiger partial charge in [0.1, 0.15) is 12.1 Å². The van der Waals surface area contributed by atoms with Gasteiger partial charge in [0, 0.05) is 11.8 Å². The molecule has 1 aromatic carbocycles. The summed E-state index contributed by atoms with van der Waals surface area (Å²) in [5.41, 5.74) is -0.114. The summed E-state index contributed by atoms with van der Waals surface area (Å²) in [4.78, 5) is 26.4. The third-order valence-electron chi connectivity index (χ3n) is 4.45. The highest BCUT2D eigenvalue weighted by atomic mass is 16.7. The summed E-state index contributed by atoms with van der Waals surface area (Å²) in [6, 6.07) is 5.31. The van der Waals surface area contributed by atoms with Crippen molar-refractivity contribution >= 4 is 17.5 Å². The van der Waals surface area contributed by atoms with E-state index in [1.54, 1.807) is 23.1 Å². The maximum Gasteiger partial charge on any atom is 0.253 e. The Morgan fingerprint density at radius 1 is 1.24 bits per heavy atom. The van der Waals surface area contributed by atoms with Crippen LogP contribution in [0.4, 0.5) is 5.69 Å². The predicted molar refractivity (Wildman–Crippen MR) is 74.2 cm³/mol. The largest absolute Gasteiger partial charge is 0.454 e. The van der Waals surface area contributed by atoms with Gasteiger partial charge in [-0.15, -0.1) is 0 Å². The van der Waals surface area contributed by atoms with Crippen LogP contribution in [0.5, 0.6) is 11.5 Å². The summed E-state index contributed by atoms with van der Waals surface area (Å²) in [7, 11) is 0. The Morgan fingerprint density at radius 2 is 2.00 bits per heavy atom. The maximum absolute atomic E-state index is 12.8. The highest BCUT2D eigenvalue weighted by Crippen LogP contribution is 2.43. The number of nitrogens with one attached hydrogen (secondary N) is 1. The molecule has 6 nitrogen and oxygen atoms in total. The fraction of sp³-hybridized carbons (Fsp3) is 0.467. The summed E-state index contributed by atoms with van der Waals surface area (Å²) in [6.45, 7) is 2.05. The van der Waals surface area contributed by atoms with Crippen molar-refractivity contribution in [2.24, 2.45) is 5.92 Å². The highest BCUT2D eigenvalue weighted by Gasteiger charge is 2.52. The topological polar surface area (TPSA) is 67.9 Å². The zero-order chi connectivity index (χ0) is 14.6. The molecule has 4 rings (SSSR count). The molecule has 1 saturated heterocycles. The van der Waals surface area contributed by atoms with Gasteiger partial charge in [-0.25, -0.2) is 0 Å². The molecule has 1 N–H and O–H groups in total. The number of carbonyl (C=O) groups is 2. The number of carbonyl (C=O) groups excluding carboxylic acids is 2. The first-order valence-corrected chi connectivity index (χ1v) is 7.10. The van der Waals surface area contributed by atoms with Gasteiger partial charge in [-0.3, -0.25) is 9.59 Å². The molecule has 0 radical (unpaired) electrons. The number of piperazine rings is 1. The first kappa shape index (κ1) is 12.5. The molecule has 3 aliphatic rings. The van der Waals surface area contributed by atoms with Crippen LogP contribution in [0.1, 0.15) is 19.8 Å². The van der Waals surface area contributed by atoms with E-state index in [2.05, 4.69) is 5.32 Å². The monoisotopic (exact) mass is 288 g/mol. The zero-order valence-electron chi connectivity index (χ0n) is 11.7. The second-order valence-corrected chi connectivity index (χ2v) is 5.95. The quantitative estimate of drug-likeness (QED) is 0.883. The third-order valence-corrected chi connectivity index (χ3v) is 4.45. The van der Waals surface area contributed by atoms with Crippen molar-refractivity contribution < 1.29 is 19.1 Å². The van der Waals surface area contributed by atoms with Gasteiger partial charge in [-0.1, -0.05) is 0 Å². The number of amides is 2. The standard InChI is InChI=1S/C15H16N2O4/c1-15(9-2-3-9)14(19)17(7-13(18)16-15)10-4-5-11-12(6-10)21-8-20-11/h4-6,9H,2-3,7-8H2,1H3,(H,16,18). The fourth-order valence-electron chi connectivity index (χ4n) is 3.08. The molecule has 1 aromatic rings. The summed E-state index contributed by atoms with van der Waals surface area (Å²) in [5, 5.41) is 2.87. The van der Waals surface area contributed by atoms with Gasteiger partial charge in [0.15, 0.2) is 11.5 Å². The summed E-state index contributed by atoms with van der Waals surface area (Å²) < 4.78 is 10.6. The van der Waals surface area contributed by atoms with Crippen molar-refractivity contribution in [1.82, 2.24) is 5.32 Å². The van der Waals surface area contributed by atoms with E-state index in [4.69, 9.17) is 9.47 Å². The molecule has 21 heavy (non-hydrogen) atoms. The Morgan fingerprint density at radius 3 is 2.76 bits per heavy atom. The molecule has 0 aromatic heterocycles. The zero-order valence-corrected chi connectivity index (χ0v) is 11.7. The number of nitrogens with zero attached hydrogens (tertiary/aromatic N) is 1. The minimum Gasteiger partial charge on any atom is -0.454 e. The minimum atomic E-state index is -0.786. The molecule has 2 fully saturated rings. The lowest BCUT2D eigenvalue weighted by molar-refractivity contribution is -0.136. The molecular formula is C15H16N2O4. The van der Waals surface area contributed by atoms with Gasteiger partial charge in [0.25, 0.3) is 5.91 Å². The molecule has 2 amide bonds. The van der Waals surface area contributed by atoms with E-state index in [0.29, 0.717) is 17.2 Å². The average Bonchev–Trinajstić information content (AvgIpc) is 3.22. The Labute approximate surface area is 122 Å². The van der Waals surface area contributed by atoms with E-state index in [0.717, 1.165) is 12.8 Å². The van der Waals surface area contributed by atoms with Crippen LogP contribution in [0.2, 0.25) is 0 Å². The van der Waals surface area contributed by atoms with Crippen molar-refractivity contribution in [3.05, 3.63) is 18.2 Å². The SMILES string of the molecule is CC1(C2CC2)NC(=O)CN(c2ccc3c(c2)OCO3)C1=O. The molecule has 0 bridgehead atoms. The van der Waals surface area contributed by atoms with Crippen LogP contribution in [0.15, 0.2) is 18.2 Å². The molecule has 6 heteroatoms. The van der Waals surface area contributed by atoms with Crippen LogP contribution in [0.25, 0.3) is 0 Å². The number of hydrogen-bond donors (Lipinski definition) is 1. The summed E-state index contributed by atoms with van der Waals surface area (Å²) in [6.07, 6.45) is 1.97. The lowest BCUT2D eigenvalue weighted by Crippen LogP contribution is -2.66. The molecule has 110 valence electrons. The molecule has 2 heterocycles. The first-order valence-electron chi connectivity index (χ1n) is 7.10. The molecule has 1 saturated carbocycles. The Hall–Kier alpha value is -2.24. The molecule has 0 spiro atoms. The molecule has 1 atom stereocenters. The number of ether oxygens (including phenoxy) is 2. The maximum atomic E-state index is 12.8. The minimum absolute atomic E-state index is 0.0424. The van der Waals surface area contributed by atoms with Gasteiger partial charge in [-0.2, -0.15) is 0 Å². The van der Waals surface area contributed by atoms with Gasteiger partial charge < -0.3 is 19.7 Å². The van der Waals surface area contributed by atoms with E-state index >= 15 is 0 Å². The van der Waals surface area contributed by atoms with E-state index in [9.17, 15) is 9.59 Å². The van der Waals surface area contributed by atoms with Gasteiger partial charge in [0.2, 0.25) is 12.7 Å². The van der Waals surface area contributed by atoms with Crippen LogP contribution >= 0.6 is 0 Å². The lowest BCUT2D eigenvalue weighted by Gasteiger charge is -2.40. The summed E-state index contributed by atoms with van der Waals surface area (Å²) in [5.74, 6) is 1.34. The van der Waals surface area contributed by atoms with Crippen molar-refractivity contribution in [1.29, 1.82) is 0 Å². The number of benzene rings is 1. The smallest absolute Gasteiger partial charge is 0.253 e. The van der Waals surface area contributed by atoms with E-state index in [1.807, 2.05) is 6.92 Å². The van der Waals surface area contributed by atoms with Crippen molar-refractivity contribution in [2.75, 3.05) is 18.2 Å². The first-order chi connectivity index (χ1) is 10.1. The van der Waals surface area contributed by atoms with Crippen LogP contribution in [-0.4, -0.2) is 30.7 Å². The van der Waals surface area contributed by atoms with Crippen molar-refractivity contribution in [3.63, 3.8) is 0 Å². The number of rotatable bonds is 2. The summed E-state index contributed by atoms with van der Waals surface area (Å²) >= 11 is 0. The number of hydrogen-bond acceptors (Lipinski definition) is 4. The number of anilines is 1. The third kappa shape index (κ3) is 1.86. The van der Waals surface area contributed by atoms with Gasteiger partial charge >= 0.3 is 0 Å². The van der Waals surface area contributed by atoms with Crippen molar-refractivity contribution in [3.8, 4) is 11.5 Å². The normalized spacial score (nSPS) is 27.8. The Kier molecular flexibility index (Phi) is 2.46. The Bertz CT molecular complexity index is 641. The molecule has 1 aliphatic carbocycles. The van der Waals surface area contributed by atoms with Crippen LogP contribution < -0.4 is 19.7 Å². The predicted octanol–water partition coefficient (Wildman–Crippen LogP) is 1.05. The van der Waals surface area contributed by atoms with Crippen LogP contribution in [-0.2, 0) is 9.59 Å². The second-order valence-electron chi connectivity index (χ2n) is 5.95. The van der Waals surface area contributed by atoms with Gasteiger partial charge in [-0.05, 0) is 37.8 Å². The number of fused-ring (bicyclic) bond motifs is 1. The molecule has 1 unspecified atom stereocenters. The van der Waals surface area contributed by atoms with Gasteiger partial charge in [0.05, 0.1) is 0 Å².